The summed E-state index contributed by atoms with van der Waals surface area (Å²) >= 11 is 7.65. The van der Waals surface area contributed by atoms with Crippen molar-refractivity contribution in [3.63, 3.8) is 0 Å². The molecule has 0 unspecified atom stereocenters. The van der Waals surface area contributed by atoms with Gasteiger partial charge in [-0.1, -0.05) is 52.0 Å². The predicted molar refractivity (Wildman–Crippen MR) is 195 cm³/mol. The molecule has 4 rings (SSSR count). The lowest BCUT2D eigenvalue weighted by Gasteiger charge is -2.48. The monoisotopic (exact) mass is 733 g/mol. The number of nitro groups is 1. The van der Waals surface area contributed by atoms with Gasteiger partial charge in [0.05, 0.1) is 38.8 Å². The number of β-lactam (4-membered cyclic amide) rings is 1. The molecule has 260 valence electrons. The SMILES string of the molecule is CCS[C@@H]1[C@@H]([C@@H](C)O)C(=O)N1C(C(=O)OCc1ccc([N+](=O)[O-])cc1)=C(Oc1ccc(C(=S)c2ccc(C#N)cc2)cc1)SC(=O)C(C)(C)C. The first-order chi connectivity index (χ1) is 23.7. The van der Waals surface area contributed by atoms with Crippen molar-refractivity contribution in [3.8, 4) is 11.8 Å². The number of carbonyl (C=O) groups excluding carboxylic acids is 3. The number of likely N-dealkylation sites (tertiary alicyclic amines) is 1. The number of nitro benzene ring substituents is 1. The van der Waals surface area contributed by atoms with E-state index in [1.165, 1.54) is 47.9 Å². The van der Waals surface area contributed by atoms with Gasteiger partial charge in [0.15, 0.2) is 10.8 Å². The number of non-ortho nitro benzene ring substituents is 1. The first-order valence-electron chi connectivity index (χ1n) is 15.5. The molecule has 14 heteroatoms. The van der Waals surface area contributed by atoms with Crippen LogP contribution in [-0.2, 0) is 25.7 Å². The zero-order valence-corrected chi connectivity index (χ0v) is 30.4. The van der Waals surface area contributed by atoms with E-state index in [2.05, 4.69) is 6.07 Å². The number of nitriles is 1. The maximum Gasteiger partial charge on any atom is 0.359 e. The molecule has 0 aliphatic carbocycles. The van der Waals surface area contributed by atoms with Gasteiger partial charge >= 0.3 is 5.97 Å². The van der Waals surface area contributed by atoms with Crippen LogP contribution in [0.1, 0.15) is 56.9 Å². The number of esters is 1. The highest BCUT2D eigenvalue weighted by Gasteiger charge is 2.54. The van der Waals surface area contributed by atoms with Crippen LogP contribution in [0.4, 0.5) is 5.69 Å². The van der Waals surface area contributed by atoms with Crippen LogP contribution in [0.5, 0.6) is 5.75 Å². The summed E-state index contributed by atoms with van der Waals surface area (Å²) in [4.78, 5) is 53.3. The number of hydrogen-bond donors (Lipinski definition) is 1. The lowest BCUT2D eigenvalue weighted by atomic mass is 9.92. The van der Waals surface area contributed by atoms with E-state index in [-0.39, 0.29) is 33.9 Å². The van der Waals surface area contributed by atoms with Crippen molar-refractivity contribution in [3.05, 3.63) is 116 Å². The molecule has 1 N–H and O–H groups in total. The second-order valence-corrected chi connectivity index (χ2v) is 15.0. The van der Waals surface area contributed by atoms with Crippen LogP contribution in [-0.4, -0.2) is 54.0 Å². The molecular formula is C36H35N3O8S3. The maximum atomic E-state index is 14.0. The third-order valence-corrected chi connectivity index (χ3v) is 10.4. The average Bonchev–Trinajstić information content (AvgIpc) is 3.08. The normalized spacial score (nSPS) is 16.7. The van der Waals surface area contributed by atoms with Crippen molar-refractivity contribution in [1.82, 2.24) is 4.90 Å². The molecule has 11 nitrogen and oxygen atoms in total. The number of thiocarbonyl (C=S) groups is 1. The first-order valence-corrected chi connectivity index (χ1v) is 17.8. The van der Waals surface area contributed by atoms with Crippen LogP contribution in [0.2, 0.25) is 0 Å². The number of ether oxygens (including phenoxy) is 2. The van der Waals surface area contributed by atoms with E-state index in [4.69, 9.17) is 27.0 Å². The molecule has 1 amide bonds. The fourth-order valence-electron chi connectivity index (χ4n) is 4.73. The van der Waals surface area contributed by atoms with Crippen LogP contribution >= 0.6 is 35.7 Å². The van der Waals surface area contributed by atoms with Gasteiger partial charge in [-0.25, -0.2) is 4.79 Å². The number of rotatable bonds is 13. The number of amides is 1. The highest BCUT2D eigenvalue weighted by atomic mass is 32.2. The Hall–Kier alpha value is -4.55. The molecule has 0 saturated carbocycles. The Labute approximate surface area is 303 Å². The number of carbonyl (C=O) groups is 3. The summed E-state index contributed by atoms with van der Waals surface area (Å²) in [7, 11) is 0. The Morgan fingerprint density at radius 1 is 1.06 bits per heavy atom. The summed E-state index contributed by atoms with van der Waals surface area (Å²) in [5.41, 5.74) is 1.06. The van der Waals surface area contributed by atoms with Gasteiger partial charge in [0.2, 0.25) is 11.0 Å². The molecule has 50 heavy (non-hydrogen) atoms. The Morgan fingerprint density at radius 3 is 2.14 bits per heavy atom. The van der Waals surface area contributed by atoms with Crippen molar-refractivity contribution in [2.24, 2.45) is 11.3 Å². The van der Waals surface area contributed by atoms with Crippen LogP contribution in [0.15, 0.2) is 83.6 Å². The van der Waals surface area contributed by atoms with Crippen LogP contribution in [0.25, 0.3) is 0 Å². The van der Waals surface area contributed by atoms with Crippen molar-refractivity contribution in [2.75, 3.05) is 5.75 Å². The van der Waals surface area contributed by atoms with Gasteiger partial charge in [0, 0.05) is 17.5 Å². The van der Waals surface area contributed by atoms with E-state index in [1.54, 1.807) is 69.3 Å². The molecular weight excluding hydrogens is 699 g/mol. The number of nitrogens with zero attached hydrogens (tertiary/aromatic N) is 3. The molecule has 0 radical (unpaired) electrons. The summed E-state index contributed by atoms with van der Waals surface area (Å²) < 4.78 is 11.9. The zero-order chi connectivity index (χ0) is 36.7. The van der Waals surface area contributed by atoms with Gasteiger partial charge in [-0.05, 0) is 89.7 Å². The summed E-state index contributed by atoms with van der Waals surface area (Å²) in [6, 6.07) is 21.0. The van der Waals surface area contributed by atoms with E-state index in [9.17, 15) is 29.6 Å². The average molecular weight is 734 g/mol. The summed E-state index contributed by atoms with van der Waals surface area (Å²) in [5.74, 6) is -1.54. The lowest BCUT2D eigenvalue weighted by Crippen LogP contribution is -2.63. The molecule has 0 bridgehead atoms. The fraction of sp³-hybridized carbons (Fsp3) is 0.306. The van der Waals surface area contributed by atoms with Crippen LogP contribution in [0.3, 0.4) is 0 Å². The number of thioether (sulfide) groups is 2. The molecule has 1 heterocycles. The summed E-state index contributed by atoms with van der Waals surface area (Å²) in [6.07, 6.45) is -1.01. The van der Waals surface area contributed by atoms with Crippen LogP contribution < -0.4 is 4.74 Å². The highest BCUT2D eigenvalue weighted by molar-refractivity contribution is 8.16. The Kier molecular flexibility index (Phi) is 12.6. The highest BCUT2D eigenvalue weighted by Crippen LogP contribution is 2.43. The van der Waals surface area contributed by atoms with E-state index < -0.39 is 39.6 Å². The third-order valence-electron chi connectivity index (χ3n) is 7.49. The predicted octanol–water partition coefficient (Wildman–Crippen LogP) is 6.75. The molecule has 1 fully saturated rings. The van der Waals surface area contributed by atoms with Crippen molar-refractivity contribution < 1.29 is 33.9 Å². The van der Waals surface area contributed by atoms with Gasteiger partial charge in [-0.3, -0.25) is 24.6 Å². The van der Waals surface area contributed by atoms with E-state index in [0.29, 0.717) is 39.1 Å². The van der Waals surface area contributed by atoms with Gasteiger partial charge in [0.1, 0.15) is 12.4 Å². The zero-order valence-electron chi connectivity index (χ0n) is 27.9. The van der Waals surface area contributed by atoms with Gasteiger partial charge in [0.25, 0.3) is 5.69 Å². The smallest absolute Gasteiger partial charge is 0.359 e. The number of benzene rings is 3. The molecule has 3 aromatic rings. The summed E-state index contributed by atoms with van der Waals surface area (Å²) in [6.45, 7) is 8.21. The van der Waals surface area contributed by atoms with E-state index in [1.807, 2.05) is 6.92 Å². The molecule has 1 aliphatic rings. The molecule has 3 aromatic carbocycles. The number of aliphatic hydroxyl groups is 1. The standard InChI is InChI=1S/C36H35N3O8S3/c1-6-49-32-28(21(2)40)31(41)38(32)29(33(42)46-20-23-9-15-26(16-10-23)39(44)45)34(50-35(43)36(3,4)5)47-27-17-13-25(14-18-27)30(48)24-11-7-22(19-37)8-12-24/h7-18,21,28,32,40H,6,20H2,1-5H3/t21-,28+,32-/m1/s1. The summed E-state index contributed by atoms with van der Waals surface area (Å²) in [5, 5.41) is 29.4. The topological polar surface area (TPSA) is 160 Å². The van der Waals surface area contributed by atoms with E-state index in [0.717, 1.165) is 5.56 Å². The Morgan fingerprint density at radius 2 is 1.64 bits per heavy atom. The molecule has 0 spiro atoms. The minimum Gasteiger partial charge on any atom is -0.456 e. The van der Waals surface area contributed by atoms with Crippen molar-refractivity contribution >= 4 is 63.3 Å². The second-order valence-electron chi connectivity index (χ2n) is 12.2. The fourth-order valence-corrected chi connectivity index (χ4v) is 7.14. The Bertz CT molecular complexity index is 1850. The lowest BCUT2D eigenvalue weighted by molar-refractivity contribution is -0.384. The molecule has 0 aromatic heterocycles. The largest absolute Gasteiger partial charge is 0.456 e. The van der Waals surface area contributed by atoms with Gasteiger partial charge in [-0.2, -0.15) is 5.26 Å². The molecule has 1 aliphatic heterocycles. The van der Waals surface area contributed by atoms with Gasteiger partial charge in [-0.15, -0.1) is 11.8 Å². The second kappa shape index (κ2) is 16.4. The molecule has 1 saturated heterocycles. The van der Waals surface area contributed by atoms with Crippen molar-refractivity contribution in [1.29, 1.82) is 5.26 Å². The maximum absolute atomic E-state index is 14.0. The molecule has 3 atom stereocenters. The minimum atomic E-state index is -1.01. The Balaban J connectivity index is 1.76. The third kappa shape index (κ3) is 8.97. The van der Waals surface area contributed by atoms with E-state index >= 15 is 0 Å². The quantitative estimate of drug-likeness (QED) is 0.0288. The number of aliphatic hydroxyl groups excluding tert-OH is 1. The minimum absolute atomic E-state index is 0.133. The first kappa shape index (κ1) is 38.3. The van der Waals surface area contributed by atoms with Gasteiger partial charge < -0.3 is 14.6 Å². The van der Waals surface area contributed by atoms with Crippen molar-refractivity contribution in [2.45, 2.75) is 52.7 Å². The number of hydrogen-bond acceptors (Lipinski definition) is 12. The van der Waals surface area contributed by atoms with Crippen LogP contribution in [0, 0.1) is 32.8 Å².